The van der Waals surface area contributed by atoms with Gasteiger partial charge in [0.15, 0.2) is 0 Å². The van der Waals surface area contributed by atoms with Crippen LogP contribution in [0.5, 0.6) is 0 Å². The van der Waals surface area contributed by atoms with Gasteiger partial charge in [0.1, 0.15) is 12.2 Å². The fourth-order valence-electron chi connectivity index (χ4n) is 3.05. The van der Waals surface area contributed by atoms with Gasteiger partial charge >= 0.3 is 0 Å². The van der Waals surface area contributed by atoms with Crippen molar-refractivity contribution in [2.45, 2.75) is 53.8 Å². The SMILES string of the molecule is CC(C)=C1C=C(C(C)(C)C2=CC(=C(C)C)C(O)C(Cl)=C2)C=C(Cl)C1O. The Kier molecular flexibility index (Phi) is 5.90. The lowest BCUT2D eigenvalue weighted by molar-refractivity contribution is 0.254. The molecule has 0 heterocycles. The molecule has 0 fully saturated rings. The lowest BCUT2D eigenvalue weighted by Crippen LogP contribution is -2.25. The summed E-state index contributed by atoms with van der Waals surface area (Å²) < 4.78 is 0. The summed E-state index contributed by atoms with van der Waals surface area (Å²) >= 11 is 12.6. The second kappa shape index (κ2) is 7.28. The quantitative estimate of drug-likeness (QED) is 0.660. The van der Waals surface area contributed by atoms with Crippen LogP contribution in [0.2, 0.25) is 0 Å². The van der Waals surface area contributed by atoms with Gasteiger partial charge in [0, 0.05) is 5.41 Å². The fraction of sp³-hybridized carbons (Fsp3) is 0.429. The molecule has 0 aromatic heterocycles. The zero-order chi connectivity index (χ0) is 19.1. The van der Waals surface area contributed by atoms with Crippen LogP contribution in [0.4, 0.5) is 0 Å². The normalized spacial score (nSPS) is 24.4. The zero-order valence-corrected chi connectivity index (χ0v) is 17.1. The second-order valence-electron chi connectivity index (χ2n) is 7.60. The van der Waals surface area contributed by atoms with Crippen molar-refractivity contribution in [1.29, 1.82) is 0 Å². The van der Waals surface area contributed by atoms with E-state index in [0.717, 1.165) is 33.4 Å². The molecule has 0 radical (unpaired) electrons. The van der Waals surface area contributed by atoms with E-state index in [9.17, 15) is 10.2 Å². The van der Waals surface area contributed by atoms with Crippen molar-refractivity contribution in [3.05, 3.63) is 67.8 Å². The maximum absolute atomic E-state index is 10.3. The highest BCUT2D eigenvalue weighted by atomic mass is 35.5. The Balaban J connectivity index is 2.59. The van der Waals surface area contributed by atoms with Gasteiger partial charge in [-0.05, 0) is 62.1 Å². The number of allylic oxidation sites excluding steroid dienone is 6. The molecule has 0 bridgehead atoms. The van der Waals surface area contributed by atoms with Gasteiger partial charge in [-0.1, -0.05) is 60.3 Å². The molecule has 0 aromatic carbocycles. The van der Waals surface area contributed by atoms with E-state index in [1.165, 1.54) is 0 Å². The molecule has 0 saturated carbocycles. The predicted molar refractivity (Wildman–Crippen MR) is 107 cm³/mol. The second-order valence-corrected chi connectivity index (χ2v) is 8.47. The zero-order valence-electron chi connectivity index (χ0n) is 15.6. The molecule has 2 atom stereocenters. The molecule has 2 nitrogen and oxygen atoms in total. The first-order valence-corrected chi connectivity index (χ1v) is 9.11. The van der Waals surface area contributed by atoms with Gasteiger partial charge in [-0.15, -0.1) is 0 Å². The number of hydrogen-bond donors (Lipinski definition) is 2. The molecule has 2 N–H and O–H groups in total. The van der Waals surface area contributed by atoms with Crippen molar-refractivity contribution in [3.63, 3.8) is 0 Å². The largest absolute Gasteiger partial charge is 0.383 e. The van der Waals surface area contributed by atoms with E-state index in [0.29, 0.717) is 10.1 Å². The van der Waals surface area contributed by atoms with Crippen LogP contribution in [-0.4, -0.2) is 22.4 Å². The molecule has 2 aliphatic carbocycles. The first-order chi connectivity index (χ1) is 11.5. The third kappa shape index (κ3) is 3.88. The minimum absolute atomic E-state index is 0.387. The van der Waals surface area contributed by atoms with Crippen LogP contribution in [0, 0.1) is 5.41 Å². The Morgan fingerprint density at radius 2 is 1.08 bits per heavy atom. The van der Waals surface area contributed by atoms with Gasteiger partial charge in [0.05, 0.1) is 10.1 Å². The van der Waals surface area contributed by atoms with E-state index < -0.39 is 12.2 Å². The summed E-state index contributed by atoms with van der Waals surface area (Å²) in [5.41, 5.74) is 5.31. The lowest BCUT2D eigenvalue weighted by Gasteiger charge is -2.34. The fourth-order valence-corrected chi connectivity index (χ4v) is 3.52. The summed E-state index contributed by atoms with van der Waals surface area (Å²) in [6, 6.07) is 0. The molecule has 2 rings (SSSR count). The Bertz CT molecular complexity index is 702. The smallest absolute Gasteiger partial charge is 0.114 e. The van der Waals surface area contributed by atoms with Crippen LogP contribution in [0.1, 0.15) is 41.5 Å². The molecule has 0 aliphatic heterocycles. The summed E-state index contributed by atoms with van der Waals surface area (Å²) in [4.78, 5) is 0. The van der Waals surface area contributed by atoms with Gasteiger partial charge in [0.25, 0.3) is 0 Å². The van der Waals surface area contributed by atoms with Gasteiger partial charge in [0.2, 0.25) is 0 Å². The number of hydrogen-bond acceptors (Lipinski definition) is 2. The van der Waals surface area contributed by atoms with E-state index in [1.807, 2.05) is 52.0 Å². The molecule has 4 heteroatoms. The van der Waals surface area contributed by atoms with Crippen molar-refractivity contribution in [2.24, 2.45) is 5.41 Å². The van der Waals surface area contributed by atoms with Crippen LogP contribution in [0.15, 0.2) is 67.8 Å². The minimum atomic E-state index is -0.777. The predicted octanol–water partition coefficient (Wildman–Crippen LogP) is 5.53. The number of aliphatic hydroxyl groups excluding tert-OH is 2. The van der Waals surface area contributed by atoms with Gasteiger partial charge in [-0.25, -0.2) is 0 Å². The van der Waals surface area contributed by atoms with Crippen molar-refractivity contribution in [1.82, 2.24) is 0 Å². The number of aliphatic hydroxyl groups is 2. The van der Waals surface area contributed by atoms with Gasteiger partial charge in [-0.3, -0.25) is 0 Å². The molecule has 0 saturated heterocycles. The van der Waals surface area contributed by atoms with E-state index in [4.69, 9.17) is 23.2 Å². The van der Waals surface area contributed by atoms with E-state index in [2.05, 4.69) is 13.8 Å². The highest BCUT2D eigenvalue weighted by molar-refractivity contribution is 6.31. The average Bonchev–Trinajstić information content (AvgIpc) is 2.51. The lowest BCUT2D eigenvalue weighted by atomic mass is 9.72. The molecule has 136 valence electrons. The summed E-state index contributed by atoms with van der Waals surface area (Å²) in [5.74, 6) is 0. The third-order valence-corrected chi connectivity index (χ3v) is 5.55. The molecule has 2 unspecified atom stereocenters. The Labute approximate surface area is 160 Å². The molecular formula is C21H26Cl2O2. The maximum Gasteiger partial charge on any atom is 0.114 e. The highest BCUT2D eigenvalue weighted by Crippen LogP contribution is 2.44. The van der Waals surface area contributed by atoms with E-state index in [1.54, 1.807) is 0 Å². The number of halogens is 2. The maximum atomic E-state index is 10.3. The van der Waals surface area contributed by atoms with Gasteiger partial charge in [-0.2, -0.15) is 0 Å². The standard InChI is InChI=1S/C21H26Cl2O2/c1-11(2)15-7-13(9-17(22)19(15)24)21(5,6)14-8-16(12(3)4)20(25)18(23)10-14/h7-10,19-20,24-25H,1-6H3. The van der Waals surface area contributed by atoms with Crippen molar-refractivity contribution in [2.75, 3.05) is 0 Å². The summed E-state index contributed by atoms with van der Waals surface area (Å²) in [7, 11) is 0. The van der Waals surface area contributed by atoms with E-state index >= 15 is 0 Å². The summed E-state index contributed by atoms with van der Waals surface area (Å²) in [5, 5.41) is 21.4. The van der Waals surface area contributed by atoms with Crippen LogP contribution < -0.4 is 0 Å². The first kappa shape index (κ1) is 20.3. The topological polar surface area (TPSA) is 40.5 Å². The Morgan fingerprint density at radius 3 is 1.36 bits per heavy atom. The van der Waals surface area contributed by atoms with Crippen molar-refractivity contribution >= 4 is 23.2 Å². The van der Waals surface area contributed by atoms with Crippen LogP contribution in [-0.2, 0) is 0 Å². The monoisotopic (exact) mass is 380 g/mol. The summed E-state index contributed by atoms with van der Waals surface area (Å²) in [6.07, 6.45) is 6.11. The molecule has 0 amide bonds. The molecule has 0 aromatic rings. The highest BCUT2D eigenvalue weighted by Gasteiger charge is 2.33. The van der Waals surface area contributed by atoms with Gasteiger partial charge < -0.3 is 10.2 Å². The van der Waals surface area contributed by atoms with Crippen LogP contribution >= 0.6 is 23.2 Å². The molecular weight excluding hydrogens is 355 g/mol. The molecule has 2 aliphatic rings. The summed E-state index contributed by atoms with van der Waals surface area (Å²) in [6.45, 7) is 12.0. The van der Waals surface area contributed by atoms with Crippen molar-refractivity contribution in [3.8, 4) is 0 Å². The van der Waals surface area contributed by atoms with Crippen molar-refractivity contribution < 1.29 is 10.2 Å². The number of rotatable bonds is 2. The minimum Gasteiger partial charge on any atom is -0.383 e. The molecule has 25 heavy (non-hydrogen) atoms. The molecule has 0 spiro atoms. The Hall–Kier alpha value is -1.06. The van der Waals surface area contributed by atoms with E-state index in [-0.39, 0.29) is 5.41 Å². The average molecular weight is 381 g/mol. The Morgan fingerprint density at radius 1 is 0.760 bits per heavy atom. The first-order valence-electron chi connectivity index (χ1n) is 8.36. The van der Waals surface area contributed by atoms with Crippen LogP contribution in [0.3, 0.4) is 0 Å². The van der Waals surface area contributed by atoms with Crippen LogP contribution in [0.25, 0.3) is 0 Å². The third-order valence-electron chi connectivity index (χ3n) is 4.92.